The van der Waals surface area contributed by atoms with Crippen LogP contribution in [0.4, 0.5) is 26.3 Å². The van der Waals surface area contributed by atoms with E-state index in [1.165, 1.54) is 4.57 Å². The van der Waals surface area contributed by atoms with E-state index in [1.807, 2.05) is 6.92 Å². The number of benzene rings is 1. The zero-order valence-electron chi connectivity index (χ0n) is 14.4. The minimum absolute atomic E-state index is 0.0837. The number of rotatable bonds is 2. The highest BCUT2D eigenvalue weighted by Gasteiger charge is 2.39. The van der Waals surface area contributed by atoms with Crippen molar-refractivity contribution in [3.05, 3.63) is 35.0 Å². The average molecular weight is 392 g/mol. The Morgan fingerprint density at radius 2 is 1.59 bits per heavy atom. The lowest BCUT2D eigenvalue weighted by Gasteiger charge is -2.29. The summed E-state index contributed by atoms with van der Waals surface area (Å²) < 4.78 is 81.2. The zero-order chi connectivity index (χ0) is 20.1. The summed E-state index contributed by atoms with van der Waals surface area (Å²) in [6.07, 6.45) is -7.29. The first-order valence-corrected chi connectivity index (χ1v) is 8.52. The van der Waals surface area contributed by atoms with Gasteiger partial charge < -0.3 is 10.3 Å². The van der Waals surface area contributed by atoms with Crippen LogP contribution in [0.2, 0.25) is 0 Å². The largest absolute Gasteiger partial charge is 0.417 e. The Hall–Kier alpha value is -2.19. The number of hydrogen-bond acceptors (Lipinski definition) is 1. The van der Waals surface area contributed by atoms with Crippen LogP contribution in [0.1, 0.15) is 60.3 Å². The molecule has 1 amide bonds. The van der Waals surface area contributed by atoms with Gasteiger partial charge in [-0.1, -0.05) is 6.92 Å². The smallest absolute Gasteiger partial charge is 0.364 e. The van der Waals surface area contributed by atoms with Crippen LogP contribution in [0.25, 0.3) is 10.9 Å². The third-order valence-corrected chi connectivity index (χ3v) is 5.19. The topological polar surface area (TPSA) is 48.0 Å². The summed E-state index contributed by atoms with van der Waals surface area (Å²) in [5, 5.41) is -0.442. The van der Waals surface area contributed by atoms with Gasteiger partial charge in [-0.3, -0.25) is 4.79 Å². The van der Waals surface area contributed by atoms with Crippen molar-refractivity contribution in [3.63, 3.8) is 0 Å². The van der Waals surface area contributed by atoms with Crippen molar-refractivity contribution in [3.8, 4) is 0 Å². The Bertz CT molecular complexity index is 873. The number of carbonyl (C=O) groups excluding carboxylic acids is 1. The van der Waals surface area contributed by atoms with Crippen molar-refractivity contribution in [1.82, 2.24) is 4.57 Å². The number of amides is 1. The Balaban J connectivity index is 2.32. The van der Waals surface area contributed by atoms with Gasteiger partial charge in [0.25, 0.3) is 5.91 Å². The summed E-state index contributed by atoms with van der Waals surface area (Å²) in [4.78, 5) is 11.8. The molecule has 3 nitrogen and oxygen atoms in total. The Kier molecular flexibility index (Phi) is 4.68. The highest BCUT2D eigenvalue weighted by Crippen LogP contribution is 2.43. The molecule has 1 fully saturated rings. The highest BCUT2D eigenvalue weighted by molar-refractivity contribution is 5.99. The molecule has 1 aliphatic rings. The molecule has 2 N–H and O–H groups in total. The van der Waals surface area contributed by atoms with Gasteiger partial charge in [0.1, 0.15) is 5.69 Å². The minimum Gasteiger partial charge on any atom is -0.364 e. The number of aromatic nitrogens is 1. The van der Waals surface area contributed by atoms with Gasteiger partial charge in [0, 0.05) is 11.4 Å². The van der Waals surface area contributed by atoms with E-state index in [0.717, 1.165) is 18.9 Å². The average Bonchev–Trinajstić information content (AvgIpc) is 2.92. The predicted octanol–water partition coefficient (Wildman–Crippen LogP) is 5.53. The molecule has 148 valence electrons. The lowest BCUT2D eigenvalue weighted by molar-refractivity contribution is -0.142. The molecule has 1 heterocycles. The first kappa shape index (κ1) is 19.6. The third kappa shape index (κ3) is 3.64. The van der Waals surface area contributed by atoms with Crippen LogP contribution < -0.4 is 5.73 Å². The molecular formula is C18H18F6N2O. The molecular weight excluding hydrogens is 374 g/mol. The van der Waals surface area contributed by atoms with Crippen molar-refractivity contribution < 1.29 is 31.1 Å². The molecule has 3 rings (SSSR count). The van der Waals surface area contributed by atoms with E-state index in [4.69, 9.17) is 5.73 Å². The van der Waals surface area contributed by atoms with E-state index in [9.17, 15) is 31.1 Å². The SMILES string of the molecule is CC1CCC(n2c(C(N)=O)cc3c(C(F)(F)F)cc(C(F)(F)F)cc32)CC1. The second kappa shape index (κ2) is 6.45. The summed E-state index contributed by atoms with van der Waals surface area (Å²) in [7, 11) is 0. The number of alkyl halides is 6. The number of primary amides is 1. The quantitative estimate of drug-likeness (QED) is 0.672. The molecule has 9 heteroatoms. The number of halogens is 6. The summed E-state index contributed by atoms with van der Waals surface area (Å²) >= 11 is 0. The second-order valence-corrected chi connectivity index (χ2v) is 7.13. The lowest BCUT2D eigenvalue weighted by Crippen LogP contribution is -2.23. The second-order valence-electron chi connectivity index (χ2n) is 7.13. The summed E-state index contributed by atoms with van der Waals surface area (Å²) in [5.74, 6) is -0.553. The number of carbonyl (C=O) groups is 1. The molecule has 0 radical (unpaired) electrons. The van der Waals surface area contributed by atoms with Crippen molar-refractivity contribution >= 4 is 16.8 Å². The minimum atomic E-state index is -5.00. The van der Waals surface area contributed by atoms with E-state index in [0.29, 0.717) is 24.8 Å². The van der Waals surface area contributed by atoms with Crippen LogP contribution in [0.3, 0.4) is 0 Å². The molecule has 1 saturated carbocycles. The molecule has 1 aliphatic carbocycles. The van der Waals surface area contributed by atoms with Gasteiger partial charge in [0.05, 0.1) is 16.6 Å². The van der Waals surface area contributed by atoms with E-state index in [2.05, 4.69) is 0 Å². The summed E-state index contributed by atoms with van der Waals surface area (Å²) in [6.45, 7) is 2.03. The maximum Gasteiger partial charge on any atom is 0.417 e. The van der Waals surface area contributed by atoms with Gasteiger partial charge in [-0.05, 0) is 49.8 Å². The van der Waals surface area contributed by atoms with Crippen LogP contribution in [0, 0.1) is 5.92 Å². The molecule has 0 atom stereocenters. The predicted molar refractivity (Wildman–Crippen MR) is 87.1 cm³/mol. The van der Waals surface area contributed by atoms with Gasteiger partial charge in [0.2, 0.25) is 0 Å². The van der Waals surface area contributed by atoms with Crippen LogP contribution in [0.5, 0.6) is 0 Å². The molecule has 27 heavy (non-hydrogen) atoms. The molecule has 2 aromatic rings. The first-order valence-electron chi connectivity index (χ1n) is 8.52. The van der Waals surface area contributed by atoms with Crippen LogP contribution >= 0.6 is 0 Å². The number of nitrogens with two attached hydrogens (primary N) is 1. The number of nitrogens with zero attached hydrogens (tertiary/aromatic N) is 1. The van der Waals surface area contributed by atoms with Gasteiger partial charge in [0.15, 0.2) is 0 Å². The normalized spacial score (nSPS) is 21.6. The molecule has 0 saturated heterocycles. The van der Waals surface area contributed by atoms with Gasteiger partial charge in [-0.15, -0.1) is 0 Å². The molecule has 1 aromatic carbocycles. The van der Waals surface area contributed by atoms with E-state index < -0.39 is 34.8 Å². The Morgan fingerprint density at radius 1 is 1.00 bits per heavy atom. The van der Waals surface area contributed by atoms with Crippen molar-refractivity contribution in [2.24, 2.45) is 11.7 Å². The van der Waals surface area contributed by atoms with Crippen LogP contribution in [0.15, 0.2) is 18.2 Å². The van der Waals surface area contributed by atoms with E-state index >= 15 is 0 Å². The maximum absolute atomic E-state index is 13.4. The fourth-order valence-corrected chi connectivity index (χ4v) is 3.81. The van der Waals surface area contributed by atoms with E-state index in [-0.39, 0.29) is 23.3 Å². The van der Waals surface area contributed by atoms with Crippen LogP contribution in [-0.2, 0) is 12.4 Å². The summed E-state index contributed by atoms with van der Waals surface area (Å²) in [5.41, 5.74) is 2.05. The molecule has 0 unspecified atom stereocenters. The van der Waals surface area contributed by atoms with Gasteiger partial charge in [-0.25, -0.2) is 0 Å². The number of hydrogen-bond donors (Lipinski definition) is 1. The third-order valence-electron chi connectivity index (χ3n) is 5.19. The number of fused-ring (bicyclic) bond motifs is 1. The van der Waals surface area contributed by atoms with Crippen LogP contribution in [-0.4, -0.2) is 10.5 Å². The standard InChI is InChI=1S/C18H18F6N2O/c1-9-2-4-11(5-3-9)26-14-7-10(17(19,20)21)6-13(18(22,23)24)12(14)8-15(26)16(25)27/h6-9,11H,2-5H2,1H3,(H2,25,27). The van der Waals surface area contributed by atoms with E-state index in [1.54, 1.807) is 0 Å². The van der Waals surface area contributed by atoms with Crippen molar-refractivity contribution in [1.29, 1.82) is 0 Å². The first-order chi connectivity index (χ1) is 12.4. The fraction of sp³-hybridized carbons (Fsp3) is 0.500. The van der Waals surface area contributed by atoms with Gasteiger partial charge >= 0.3 is 12.4 Å². The maximum atomic E-state index is 13.4. The Labute approximate surface area is 151 Å². The molecule has 0 bridgehead atoms. The highest BCUT2D eigenvalue weighted by atomic mass is 19.4. The Morgan fingerprint density at radius 3 is 2.07 bits per heavy atom. The molecule has 1 aromatic heterocycles. The van der Waals surface area contributed by atoms with Crippen molar-refractivity contribution in [2.75, 3.05) is 0 Å². The molecule has 0 aliphatic heterocycles. The zero-order valence-corrected chi connectivity index (χ0v) is 14.4. The summed E-state index contributed by atoms with van der Waals surface area (Å²) in [6, 6.07) is 1.35. The molecule has 0 spiro atoms. The monoisotopic (exact) mass is 392 g/mol. The fourth-order valence-electron chi connectivity index (χ4n) is 3.81. The lowest BCUT2D eigenvalue weighted by atomic mass is 9.87. The van der Waals surface area contributed by atoms with Gasteiger partial charge in [-0.2, -0.15) is 26.3 Å². The van der Waals surface area contributed by atoms with Crippen molar-refractivity contribution in [2.45, 2.75) is 51.0 Å².